The normalized spacial score (nSPS) is 10.5. The maximum Gasteiger partial charge on any atom is 0.246 e. The number of aryl methyl sites for hydroxylation is 1. The van der Waals surface area contributed by atoms with Gasteiger partial charge in [0.25, 0.3) is 0 Å². The standard InChI is InChI=1S/C20H22N2O3/c1-15-7-9-16(10-8-15)11-12-20(24)22(2)14-19(23)21-17-5-4-6-18(13-17)25-3/h4-13H,14H2,1-3H3,(H,21,23)/b12-11+. The van der Waals surface area contributed by atoms with Gasteiger partial charge < -0.3 is 15.0 Å². The van der Waals surface area contributed by atoms with Gasteiger partial charge >= 0.3 is 0 Å². The van der Waals surface area contributed by atoms with Crippen LogP contribution < -0.4 is 10.1 Å². The molecule has 25 heavy (non-hydrogen) atoms. The highest BCUT2D eigenvalue weighted by Crippen LogP contribution is 2.16. The molecule has 0 radical (unpaired) electrons. The van der Waals surface area contributed by atoms with E-state index in [0.717, 1.165) is 11.1 Å². The summed E-state index contributed by atoms with van der Waals surface area (Å²) in [6, 6.07) is 14.9. The highest BCUT2D eigenvalue weighted by molar-refractivity contribution is 5.97. The van der Waals surface area contributed by atoms with Crippen molar-refractivity contribution in [1.29, 1.82) is 0 Å². The number of nitrogens with zero attached hydrogens (tertiary/aromatic N) is 1. The van der Waals surface area contributed by atoms with Crippen LogP contribution in [0.25, 0.3) is 6.08 Å². The quantitative estimate of drug-likeness (QED) is 0.823. The first kappa shape index (κ1) is 18.3. The van der Waals surface area contributed by atoms with Crippen LogP contribution in [-0.2, 0) is 9.59 Å². The summed E-state index contributed by atoms with van der Waals surface area (Å²) in [6.07, 6.45) is 3.20. The molecule has 0 aliphatic carbocycles. The first-order valence-corrected chi connectivity index (χ1v) is 7.91. The molecule has 0 aliphatic heterocycles. The Morgan fingerprint density at radius 3 is 2.56 bits per heavy atom. The van der Waals surface area contributed by atoms with E-state index < -0.39 is 0 Å². The number of carbonyl (C=O) groups excluding carboxylic acids is 2. The van der Waals surface area contributed by atoms with Crippen molar-refractivity contribution in [3.05, 3.63) is 65.7 Å². The number of amides is 2. The predicted octanol–water partition coefficient (Wildman–Crippen LogP) is 3.11. The Morgan fingerprint density at radius 2 is 1.88 bits per heavy atom. The molecular formula is C20H22N2O3. The number of likely N-dealkylation sites (N-methyl/N-ethyl adjacent to an activating group) is 1. The fourth-order valence-corrected chi connectivity index (χ4v) is 2.17. The monoisotopic (exact) mass is 338 g/mol. The average molecular weight is 338 g/mol. The van der Waals surface area contributed by atoms with E-state index in [-0.39, 0.29) is 18.4 Å². The van der Waals surface area contributed by atoms with E-state index in [9.17, 15) is 9.59 Å². The van der Waals surface area contributed by atoms with Crippen LogP contribution in [0.1, 0.15) is 11.1 Å². The summed E-state index contributed by atoms with van der Waals surface area (Å²) < 4.78 is 5.11. The van der Waals surface area contributed by atoms with Crippen molar-refractivity contribution in [2.24, 2.45) is 0 Å². The highest BCUT2D eigenvalue weighted by atomic mass is 16.5. The second-order valence-electron chi connectivity index (χ2n) is 5.72. The van der Waals surface area contributed by atoms with E-state index in [0.29, 0.717) is 11.4 Å². The largest absolute Gasteiger partial charge is 0.497 e. The summed E-state index contributed by atoms with van der Waals surface area (Å²) >= 11 is 0. The van der Waals surface area contributed by atoms with Gasteiger partial charge in [-0.1, -0.05) is 35.9 Å². The van der Waals surface area contributed by atoms with Gasteiger partial charge in [-0.2, -0.15) is 0 Å². The Kier molecular flexibility index (Phi) is 6.34. The predicted molar refractivity (Wildman–Crippen MR) is 99.5 cm³/mol. The van der Waals surface area contributed by atoms with Crippen LogP contribution in [0.4, 0.5) is 5.69 Å². The van der Waals surface area contributed by atoms with E-state index in [2.05, 4.69) is 5.32 Å². The molecule has 0 fully saturated rings. The maximum atomic E-state index is 12.1. The Morgan fingerprint density at radius 1 is 1.16 bits per heavy atom. The second-order valence-corrected chi connectivity index (χ2v) is 5.72. The molecule has 0 aliphatic rings. The van der Waals surface area contributed by atoms with Crippen LogP contribution in [0.15, 0.2) is 54.6 Å². The molecule has 0 heterocycles. The topological polar surface area (TPSA) is 58.6 Å². The van der Waals surface area contributed by atoms with Crippen molar-refractivity contribution < 1.29 is 14.3 Å². The Balaban J connectivity index is 1.89. The van der Waals surface area contributed by atoms with Crippen LogP contribution in [0.2, 0.25) is 0 Å². The fraction of sp³-hybridized carbons (Fsp3) is 0.200. The summed E-state index contributed by atoms with van der Waals surface area (Å²) in [7, 11) is 3.15. The molecule has 0 unspecified atom stereocenters. The van der Waals surface area contributed by atoms with Crippen LogP contribution in [0.5, 0.6) is 5.75 Å². The molecule has 0 saturated heterocycles. The third-order valence-corrected chi connectivity index (χ3v) is 3.61. The summed E-state index contributed by atoms with van der Waals surface area (Å²) in [6.45, 7) is 1.97. The molecule has 0 aromatic heterocycles. The van der Waals surface area contributed by atoms with E-state index in [1.165, 1.54) is 11.0 Å². The third-order valence-electron chi connectivity index (χ3n) is 3.61. The van der Waals surface area contributed by atoms with Crippen molar-refractivity contribution >= 4 is 23.6 Å². The van der Waals surface area contributed by atoms with Gasteiger partial charge in [0.1, 0.15) is 5.75 Å². The van der Waals surface area contributed by atoms with Gasteiger partial charge in [-0.05, 0) is 30.7 Å². The van der Waals surface area contributed by atoms with Crippen LogP contribution in [0, 0.1) is 6.92 Å². The molecule has 2 aromatic rings. The third kappa shape index (κ3) is 5.80. The van der Waals surface area contributed by atoms with Crippen LogP contribution in [-0.4, -0.2) is 37.4 Å². The summed E-state index contributed by atoms with van der Waals surface area (Å²) in [5, 5.41) is 2.75. The van der Waals surface area contributed by atoms with Gasteiger partial charge in [0.2, 0.25) is 11.8 Å². The molecule has 0 bridgehead atoms. The lowest BCUT2D eigenvalue weighted by atomic mass is 10.1. The molecular weight excluding hydrogens is 316 g/mol. The van der Waals surface area contributed by atoms with Crippen LogP contribution in [0.3, 0.4) is 0 Å². The fourth-order valence-electron chi connectivity index (χ4n) is 2.17. The number of hydrogen-bond donors (Lipinski definition) is 1. The lowest BCUT2D eigenvalue weighted by Crippen LogP contribution is -2.33. The first-order valence-electron chi connectivity index (χ1n) is 7.91. The molecule has 2 aromatic carbocycles. The highest BCUT2D eigenvalue weighted by Gasteiger charge is 2.11. The zero-order valence-corrected chi connectivity index (χ0v) is 14.7. The molecule has 2 amide bonds. The number of hydrogen-bond acceptors (Lipinski definition) is 3. The molecule has 0 saturated carbocycles. The van der Waals surface area contributed by atoms with Gasteiger partial charge in [-0.3, -0.25) is 9.59 Å². The lowest BCUT2D eigenvalue weighted by Gasteiger charge is -2.15. The number of benzene rings is 2. The number of nitrogens with one attached hydrogen (secondary N) is 1. The lowest BCUT2D eigenvalue weighted by molar-refractivity contribution is -0.129. The van der Waals surface area contributed by atoms with Gasteiger partial charge in [0.05, 0.1) is 13.7 Å². The summed E-state index contributed by atoms with van der Waals surface area (Å²) in [5.41, 5.74) is 2.73. The van der Waals surface area contributed by atoms with Crippen molar-refractivity contribution in [3.63, 3.8) is 0 Å². The second kappa shape index (κ2) is 8.68. The molecule has 0 spiro atoms. The van der Waals surface area contributed by atoms with Crippen LogP contribution >= 0.6 is 0 Å². The van der Waals surface area contributed by atoms with Crippen molar-refractivity contribution in [3.8, 4) is 5.75 Å². The number of methoxy groups -OCH3 is 1. The zero-order chi connectivity index (χ0) is 18.2. The van der Waals surface area contributed by atoms with Crippen molar-refractivity contribution in [2.75, 3.05) is 26.0 Å². The van der Waals surface area contributed by atoms with Gasteiger partial charge in [-0.25, -0.2) is 0 Å². The average Bonchev–Trinajstić information content (AvgIpc) is 2.61. The minimum absolute atomic E-state index is 0.0335. The van der Waals surface area contributed by atoms with Gasteiger partial charge in [-0.15, -0.1) is 0 Å². The first-order chi connectivity index (χ1) is 12.0. The maximum absolute atomic E-state index is 12.1. The molecule has 5 nitrogen and oxygen atoms in total. The smallest absolute Gasteiger partial charge is 0.246 e. The number of carbonyl (C=O) groups is 2. The number of ether oxygens (including phenoxy) is 1. The number of rotatable bonds is 6. The van der Waals surface area contributed by atoms with E-state index in [1.54, 1.807) is 44.5 Å². The van der Waals surface area contributed by atoms with Gasteiger partial charge in [0, 0.05) is 24.9 Å². The Hall–Kier alpha value is -3.08. The Bertz CT molecular complexity index is 767. The number of anilines is 1. The van der Waals surface area contributed by atoms with Crippen molar-refractivity contribution in [1.82, 2.24) is 4.90 Å². The molecule has 1 N–H and O–H groups in total. The van der Waals surface area contributed by atoms with Crippen molar-refractivity contribution in [2.45, 2.75) is 6.92 Å². The zero-order valence-electron chi connectivity index (χ0n) is 14.7. The minimum atomic E-state index is -0.271. The molecule has 0 atom stereocenters. The Labute approximate surface area is 147 Å². The molecule has 2 rings (SSSR count). The minimum Gasteiger partial charge on any atom is -0.497 e. The molecule has 5 heteroatoms. The van der Waals surface area contributed by atoms with E-state index >= 15 is 0 Å². The van der Waals surface area contributed by atoms with E-state index in [1.807, 2.05) is 31.2 Å². The summed E-state index contributed by atoms with van der Waals surface area (Å²) in [5.74, 6) is 0.150. The summed E-state index contributed by atoms with van der Waals surface area (Å²) in [4.78, 5) is 25.5. The SMILES string of the molecule is COc1cccc(NC(=O)CN(C)C(=O)/C=C/c2ccc(C)cc2)c1. The molecule has 130 valence electrons. The van der Waals surface area contributed by atoms with Gasteiger partial charge in [0.15, 0.2) is 0 Å². The van der Waals surface area contributed by atoms with E-state index in [4.69, 9.17) is 4.74 Å².